The first kappa shape index (κ1) is 15.4. The highest BCUT2D eigenvalue weighted by atomic mass is 16.5. The Morgan fingerprint density at radius 2 is 2.10 bits per heavy atom. The van der Waals surface area contributed by atoms with Gasteiger partial charge in [-0.25, -0.2) is 0 Å². The van der Waals surface area contributed by atoms with E-state index in [2.05, 4.69) is 0 Å². The Morgan fingerprint density at radius 1 is 1.38 bits per heavy atom. The highest BCUT2D eigenvalue weighted by Crippen LogP contribution is 2.34. The van der Waals surface area contributed by atoms with E-state index in [-0.39, 0.29) is 24.3 Å². The van der Waals surface area contributed by atoms with Crippen molar-refractivity contribution < 1.29 is 19.4 Å². The molecule has 5 heteroatoms. The average molecular weight is 291 g/mol. The largest absolute Gasteiger partial charge is 0.493 e. The molecule has 21 heavy (non-hydrogen) atoms. The second kappa shape index (κ2) is 6.61. The van der Waals surface area contributed by atoms with Crippen molar-refractivity contribution in [3.63, 3.8) is 0 Å². The Kier molecular flexibility index (Phi) is 4.83. The van der Waals surface area contributed by atoms with Crippen molar-refractivity contribution in [1.29, 1.82) is 0 Å². The minimum atomic E-state index is -0.982. The van der Waals surface area contributed by atoms with Crippen molar-refractivity contribution in [3.8, 4) is 5.75 Å². The van der Waals surface area contributed by atoms with E-state index >= 15 is 0 Å². The molecule has 1 N–H and O–H groups in total. The number of amides is 1. The second-order valence-electron chi connectivity index (χ2n) is 5.73. The summed E-state index contributed by atoms with van der Waals surface area (Å²) < 4.78 is 5.56. The number of nitrogens with zero attached hydrogens (tertiary/aromatic N) is 1. The van der Waals surface area contributed by atoms with Crippen molar-refractivity contribution in [2.75, 3.05) is 19.7 Å². The lowest BCUT2D eigenvalue weighted by Gasteiger charge is -2.31. The molecule has 1 aliphatic heterocycles. The van der Waals surface area contributed by atoms with E-state index < -0.39 is 5.97 Å². The molecule has 0 saturated carbocycles. The van der Waals surface area contributed by atoms with Crippen LogP contribution in [0.2, 0.25) is 0 Å². The third-order valence-electron chi connectivity index (χ3n) is 3.48. The molecule has 0 aromatic heterocycles. The van der Waals surface area contributed by atoms with Crippen LogP contribution in [0.1, 0.15) is 31.7 Å². The molecule has 5 nitrogen and oxygen atoms in total. The zero-order chi connectivity index (χ0) is 15.4. The maximum Gasteiger partial charge on any atom is 0.323 e. The lowest BCUT2D eigenvalue weighted by Crippen LogP contribution is -2.42. The third-order valence-corrected chi connectivity index (χ3v) is 3.48. The summed E-state index contributed by atoms with van der Waals surface area (Å²) in [5, 5.41) is 9.02. The molecule has 1 aromatic rings. The molecule has 2 rings (SSSR count). The number of hydrogen-bond acceptors (Lipinski definition) is 3. The SMILES string of the molecule is CC(C)CN(CC(=O)O)C(=O)C1CCOc2ccccc21. The number of hydrogen-bond donors (Lipinski definition) is 1. The first-order valence-corrected chi connectivity index (χ1v) is 7.21. The average Bonchev–Trinajstić information content (AvgIpc) is 2.44. The molecule has 1 aromatic carbocycles. The van der Waals surface area contributed by atoms with Gasteiger partial charge in [0.05, 0.1) is 12.5 Å². The lowest BCUT2D eigenvalue weighted by atomic mass is 9.91. The van der Waals surface area contributed by atoms with E-state index in [1.165, 1.54) is 4.90 Å². The van der Waals surface area contributed by atoms with Gasteiger partial charge in [-0.2, -0.15) is 0 Å². The molecule has 0 spiro atoms. The molecule has 0 fully saturated rings. The monoisotopic (exact) mass is 291 g/mol. The van der Waals surface area contributed by atoms with Gasteiger partial charge in [0.25, 0.3) is 0 Å². The molecule has 1 aliphatic rings. The molecule has 0 aliphatic carbocycles. The molecule has 0 radical (unpaired) electrons. The maximum absolute atomic E-state index is 12.7. The molecular formula is C16H21NO4. The summed E-state index contributed by atoms with van der Waals surface area (Å²) in [4.78, 5) is 25.2. The third kappa shape index (κ3) is 3.74. The summed E-state index contributed by atoms with van der Waals surface area (Å²) in [5.41, 5.74) is 0.855. The second-order valence-corrected chi connectivity index (χ2v) is 5.73. The van der Waals surface area contributed by atoms with Gasteiger partial charge in [-0.05, 0) is 18.4 Å². The molecule has 0 saturated heterocycles. The van der Waals surface area contributed by atoms with Crippen LogP contribution in [0, 0.1) is 5.92 Å². The van der Waals surface area contributed by atoms with Gasteiger partial charge in [0, 0.05) is 12.1 Å². The quantitative estimate of drug-likeness (QED) is 0.902. The fourth-order valence-electron chi connectivity index (χ4n) is 2.66. The molecule has 1 unspecified atom stereocenters. The van der Waals surface area contributed by atoms with Crippen molar-refractivity contribution >= 4 is 11.9 Å². The predicted molar refractivity (Wildman–Crippen MR) is 78.3 cm³/mol. The van der Waals surface area contributed by atoms with Crippen LogP contribution in [0.15, 0.2) is 24.3 Å². The first-order valence-electron chi connectivity index (χ1n) is 7.21. The zero-order valence-corrected chi connectivity index (χ0v) is 12.4. The normalized spacial score (nSPS) is 17.0. The lowest BCUT2D eigenvalue weighted by molar-refractivity contribution is -0.145. The summed E-state index contributed by atoms with van der Waals surface area (Å²) >= 11 is 0. The molecule has 1 heterocycles. The van der Waals surface area contributed by atoms with Crippen LogP contribution in [0.25, 0.3) is 0 Å². The number of carboxylic acids is 1. The molecule has 0 bridgehead atoms. The van der Waals surface area contributed by atoms with E-state index in [1.54, 1.807) is 0 Å². The number of carboxylic acid groups (broad SMARTS) is 1. The number of rotatable bonds is 5. The van der Waals surface area contributed by atoms with Crippen LogP contribution in [0.5, 0.6) is 5.75 Å². The minimum absolute atomic E-state index is 0.123. The molecule has 1 atom stereocenters. The maximum atomic E-state index is 12.7. The highest BCUT2D eigenvalue weighted by molar-refractivity contribution is 5.87. The van der Waals surface area contributed by atoms with E-state index in [0.29, 0.717) is 19.6 Å². The predicted octanol–water partition coefficient (Wildman–Crippen LogP) is 2.12. The van der Waals surface area contributed by atoms with E-state index in [1.807, 2.05) is 38.1 Å². The number of carbonyl (C=O) groups is 2. The number of fused-ring (bicyclic) bond motifs is 1. The number of para-hydroxylation sites is 1. The van der Waals surface area contributed by atoms with Gasteiger partial charge in [-0.1, -0.05) is 32.0 Å². The fraction of sp³-hybridized carbons (Fsp3) is 0.500. The van der Waals surface area contributed by atoms with Gasteiger partial charge in [-0.15, -0.1) is 0 Å². The van der Waals surface area contributed by atoms with Crippen molar-refractivity contribution in [1.82, 2.24) is 4.90 Å². The number of carbonyl (C=O) groups excluding carboxylic acids is 1. The fourth-order valence-corrected chi connectivity index (χ4v) is 2.66. The van der Waals surface area contributed by atoms with Crippen LogP contribution < -0.4 is 4.74 Å². The summed E-state index contributed by atoms with van der Waals surface area (Å²) in [5.74, 6) is -0.468. The summed E-state index contributed by atoms with van der Waals surface area (Å²) in [6.45, 7) is 4.62. The van der Waals surface area contributed by atoms with Crippen molar-refractivity contribution in [2.24, 2.45) is 5.92 Å². The van der Waals surface area contributed by atoms with Crippen molar-refractivity contribution in [2.45, 2.75) is 26.2 Å². The van der Waals surface area contributed by atoms with Crippen LogP contribution in [-0.2, 0) is 9.59 Å². The standard InChI is InChI=1S/C16H21NO4/c1-11(2)9-17(10-15(18)19)16(20)13-7-8-21-14-6-4-3-5-12(13)14/h3-6,11,13H,7-10H2,1-2H3,(H,18,19). The Labute approximate surface area is 124 Å². The highest BCUT2D eigenvalue weighted by Gasteiger charge is 2.31. The van der Waals surface area contributed by atoms with Gasteiger partial charge in [0.1, 0.15) is 12.3 Å². The molecular weight excluding hydrogens is 270 g/mol. The van der Waals surface area contributed by atoms with Gasteiger partial charge in [0.2, 0.25) is 5.91 Å². The Hall–Kier alpha value is -2.04. The topological polar surface area (TPSA) is 66.8 Å². The summed E-state index contributed by atoms with van der Waals surface area (Å²) in [6.07, 6.45) is 0.587. The smallest absolute Gasteiger partial charge is 0.323 e. The summed E-state index contributed by atoms with van der Waals surface area (Å²) in [6, 6.07) is 7.47. The number of aliphatic carboxylic acids is 1. The Bertz CT molecular complexity index is 527. The van der Waals surface area contributed by atoms with E-state index in [4.69, 9.17) is 9.84 Å². The van der Waals surface area contributed by atoms with Crippen LogP contribution >= 0.6 is 0 Å². The molecule has 1 amide bonds. The van der Waals surface area contributed by atoms with Crippen LogP contribution in [0.4, 0.5) is 0 Å². The minimum Gasteiger partial charge on any atom is -0.493 e. The number of benzene rings is 1. The Morgan fingerprint density at radius 3 is 2.76 bits per heavy atom. The van der Waals surface area contributed by atoms with Crippen molar-refractivity contribution in [3.05, 3.63) is 29.8 Å². The van der Waals surface area contributed by atoms with Crippen LogP contribution in [-0.4, -0.2) is 41.6 Å². The molecule has 114 valence electrons. The Balaban J connectivity index is 2.23. The van der Waals surface area contributed by atoms with Gasteiger partial charge < -0.3 is 14.7 Å². The first-order chi connectivity index (χ1) is 9.99. The van der Waals surface area contributed by atoms with E-state index in [9.17, 15) is 9.59 Å². The van der Waals surface area contributed by atoms with Gasteiger partial charge in [0.15, 0.2) is 0 Å². The van der Waals surface area contributed by atoms with Gasteiger partial charge >= 0.3 is 5.97 Å². The zero-order valence-electron chi connectivity index (χ0n) is 12.4. The van der Waals surface area contributed by atoms with Crippen LogP contribution in [0.3, 0.4) is 0 Å². The van der Waals surface area contributed by atoms with Gasteiger partial charge in [-0.3, -0.25) is 9.59 Å². The van der Waals surface area contributed by atoms with E-state index in [0.717, 1.165) is 11.3 Å². The number of ether oxygens (including phenoxy) is 1. The summed E-state index contributed by atoms with van der Waals surface area (Å²) in [7, 11) is 0.